The van der Waals surface area contributed by atoms with Gasteiger partial charge >= 0.3 is 5.97 Å². The van der Waals surface area contributed by atoms with Crippen LogP contribution in [0.25, 0.3) is 0 Å². The summed E-state index contributed by atoms with van der Waals surface area (Å²) in [5, 5.41) is 3.29. The Hall–Kier alpha value is -1.35. The van der Waals surface area contributed by atoms with Gasteiger partial charge in [0.2, 0.25) is 0 Å². The molecule has 100 valence electrons. The topological polar surface area (TPSA) is 38.3 Å². The number of benzene rings is 1. The van der Waals surface area contributed by atoms with Crippen molar-refractivity contribution < 1.29 is 9.53 Å². The SMILES string of the molecule is COC(=O)C(NCc1c(C)cccc1C)C(C)C. The molecule has 1 aromatic rings. The first-order chi connectivity index (χ1) is 8.47. The van der Waals surface area contributed by atoms with Gasteiger partial charge in [-0.15, -0.1) is 0 Å². The molecule has 0 aromatic heterocycles. The molecule has 0 spiro atoms. The van der Waals surface area contributed by atoms with Crippen LogP contribution in [-0.2, 0) is 16.1 Å². The Bertz CT molecular complexity index is 393. The maximum atomic E-state index is 11.7. The van der Waals surface area contributed by atoms with Crippen molar-refractivity contribution in [3.05, 3.63) is 34.9 Å². The summed E-state index contributed by atoms with van der Waals surface area (Å²) < 4.78 is 4.82. The number of ether oxygens (including phenoxy) is 1. The van der Waals surface area contributed by atoms with E-state index in [1.807, 2.05) is 13.8 Å². The summed E-state index contributed by atoms with van der Waals surface area (Å²) >= 11 is 0. The maximum Gasteiger partial charge on any atom is 0.323 e. The van der Waals surface area contributed by atoms with Gasteiger partial charge in [0.15, 0.2) is 0 Å². The zero-order chi connectivity index (χ0) is 13.7. The fraction of sp³-hybridized carbons (Fsp3) is 0.533. The van der Waals surface area contributed by atoms with Gasteiger partial charge in [-0.2, -0.15) is 0 Å². The monoisotopic (exact) mass is 249 g/mol. The molecule has 0 fully saturated rings. The van der Waals surface area contributed by atoms with Crippen LogP contribution in [0, 0.1) is 19.8 Å². The minimum absolute atomic E-state index is 0.198. The average Bonchev–Trinajstić information content (AvgIpc) is 2.31. The first-order valence-electron chi connectivity index (χ1n) is 6.33. The fourth-order valence-corrected chi connectivity index (χ4v) is 2.06. The molecule has 0 aliphatic rings. The molecule has 18 heavy (non-hydrogen) atoms. The van der Waals surface area contributed by atoms with Crippen molar-refractivity contribution in [3.8, 4) is 0 Å². The molecular formula is C15H23NO2. The third kappa shape index (κ3) is 3.57. The van der Waals surface area contributed by atoms with E-state index in [1.165, 1.54) is 23.8 Å². The fourth-order valence-electron chi connectivity index (χ4n) is 2.06. The van der Waals surface area contributed by atoms with Gasteiger partial charge in [-0.3, -0.25) is 4.79 Å². The van der Waals surface area contributed by atoms with E-state index in [-0.39, 0.29) is 17.9 Å². The summed E-state index contributed by atoms with van der Waals surface area (Å²) in [6.45, 7) is 8.90. The lowest BCUT2D eigenvalue weighted by Gasteiger charge is -2.21. The van der Waals surface area contributed by atoms with E-state index < -0.39 is 0 Å². The van der Waals surface area contributed by atoms with Crippen molar-refractivity contribution in [2.24, 2.45) is 5.92 Å². The predicted octanol–water partition coefficient (Wildman–Crippen LogP) is 2.59. The lowest BCUT2D eigenvalue weighted by atomic mass is 10.0. The number of esters is 1. The number of aryl methyl sites for hydroxylation is 2. The van der Waals surface area contributed by atoms with Crippen LogP contribution in [0.4, 0.5) is 0 Å². The predicted molar refractivity (Wildman–Crippen MR) is 73.4 cm³/mol. The Morgan fingerprint density at radius 1 is 1.28 bits per heavy atom. The van der Waals surface area contributed by atoms with E-state index in [1.54, 1.807) is 0 Å². The summed E-state index contributed by atoms with van der Waals surface area (Å²) in [6.07, 6.45) is 0. The number of rotatable bonds is 5. The van der Waals surface area contributed by atoms with Crippen LogP contribution in [0.2, 0.25) is 0 Å². The number of methoxy groups -OCH3 is 1. The second-order valence-corrected chi connectivity index (χ2v) is 5.00. The molecule has 0 amide bonds. The first-order valence-corrected chi connectivity index (χ1v) is 6.33. The molecule has 0 heterocycles. The molecule has 1 atom stereocenters. The molecule has 3 nitrogen and oxygen atoms in total. The average molecular weight is 249 g/mol. The Morgan fingerprint density at radius 3 is 2.28 bits per heavy atom. The minimum Gasteiger partial charge on any atom is -0.468 e. The van der Waals surface area contributed by atoms with Gasteiger partial charge in [-0.1, -0.05) is 32.0 Å². The van der Waals surface area contributed by atoms with E-state index in [0.717, 1.165) is 0 Å². The van der Waals surface area contributed by atoms with Crippen LogP contribution >= 0.6 is 0 Å². The normalized spacial score (nSPS) is 12.6. The number of hydrogen-bond donors (Lipinski definition) is 1. The van der Waals surface area contributed by atoms with E-state index in [4.69, 9.17) is 4.74 Å². The second-order valence-electron chi connectivity index (χ2n) is 5.00. The molecule has 0 saturated heterocycles. The highest BCUT2D eigenvalue weighted by atomic mass is 16.5. The van der Waals surface area contributed by atoms with Crippen molar-refractivity contribution in [2.75, 3.05) is 7.11 Å². The molecule has 1 aromatic carbocycles. The number of hydrogen-bond acceptors (Lipinski definition) is 3. The number of carbonyl (C=O) groups excluding carboxylic acids is 1. The zero-order valence-electron chi connectivity index (χ0n) is 11.9. The Labute approximate surface area is 110 Å². The van der Waals surface area contributed by atoms with E-state index in [2.05, 4.69) is 37.4 Å². The molecule has 0 saturated carbocycles. The van der Waals surface area contributed by atoms with Gasteiger partial charge in [-0.05, 0) is 36.5 Å². The molecule has 1 rings (SSSR count). The number of carbonyl (C=O) groups is 1. The smallest absolute Gasteiger partial charge is 0.323 e. The van der Waals surface area contributed by atoms with Crippen LogP contribution in [0.1, 0.15) is 30.5 Å². The van der Waals surface area contributed by atoms with Crippen molar-refractivity contribution >= 4 is 5.97 Å². The second kappa shape index (κ2) is 6.55. The van der Waals surface area contributed by atoms with Crippen LogP contribution in [0.5, 0.6) is 0 Å². The summed E-state index contributed by atoms with van der Waals surface area (Å²) in [7, 11) is 1.43. The van der Waals surface area contributed by atoms with Crippen LogP contribution in [0.15, 0.2) is 18.2 Å². The van der Waals surface area contributed by atoms with Gasteiger partial charge in [0.25, 0.3) is 0 Å². The summed E-state index contributed by atoms with van der Waals surface area (Å²) in [6, 6.07) is 5.97. The van der Waals surface area contributed by atoms with Gasteiger partial charge in [-0.25, -0.2) is 0 Å². The molecule has 0 aliphatic carbocycles. The third-order valence-corrected chi connectivity index (χ3v) is 3.27. The molecule has 0 radical (unpaired) electrons. The number of nitrogens with one attached hydrogen (secondary N) is 1. The molecule has 1 N–H and O–H groups in total. The van der Waals surface area contributed by atoms with Crippen LogP contribution in [-0.4, -0.2) is 19.1 Å². The van der Waals surface area contributed by atoms with Gasteiger partial charge < -0.3 is 10.1 Å². The standard InChI is InChI=1S/C15H23NO2/c1-10(2)14(15(17)18-5)16-9-13-11(3)7-6-8-12(13)4/h6-8,10,14,16H,9H2,1-5H3. The van der Waals surface area contributed by atoms with Gasteiger partial charge in [0.05, 0.1) is 7.11 Å². The van der Waals surface area contributed by atoms with Crippen molar-refractivity contribution in [1.82, 2.24) is 5.32 Å². The maximum absolute atomic E-state index is 11.7. The quantitative estimate of drug-likeness (QED) is 0.815. The highest BCUT2D eigenvalue weighted by molar-refractivity contribution is 5.75. The Balaban J connectivity index is 2.76. The summed E-state index contributed by atoms with van der Waals surface area (Å²) in [4.78, 5) is 11.7. The molecular weight excluding hydrogens is 226 g/mol. The molecule has 0 bridgehead atoms. The highest BCUT2D eigenvalue weighted by Gasteiger charge is 2.22. The lowest BCUT2D eigenvalue weighted by molar-refractivity contribution is -0.144. The van der Waals surface area contributed by atoms with Crippen molar-refractivity contribution in [2.45, 2.75) is 40.3 Å². The highest BCUT2D eigenvalue weighted by Crippen LogP contribution is 2.14. The van der Waals surface area contributed by atoms with Crippen LogP contribution < -0.4 is 5.32 Å². The van der Waals surface area contributed by atoms with Crippen molar-refractivity contribution in [1.29, 1.82) is 0 Å². The van der Waals surface area contributed by atoms with Gasteiger partial charge in [0, 0.05) is 6.54 Å². The van der Waals surface area contributed by atoms with E-state index in [0.29, 0.717) is 6.54 Å². The van der Waals surface area contributed by atoms with E-state index in [9.17, 15) is 4.79 Å². The van der Waals surface area contributed by atoms with E-state index >= 15 is 0 Å². The largest absolute Gasteiger partial charge is 0.468 e. The van der Waals surface area contributed by atoms with Crippen molar-refractivity contribution in [3.63, 3.8) is 0 Å². The zero-order valence-corrected chi connectivity index (χ0v) is 11.9. The molecule has 1 unspecified atom stereocenters. The summed E-state index contributed by atoms with van der Waals surface area (Å²) in [5.41, 5.74) is 3.75. The molecule has 3 heteroatoms. The lowest BCUT2D eigenvalue weighted by Crippen LogP contribution is -2.41. The first kappa shape index (κ1) is 14.7. The summed E-state index contributed by atoms with van der Waals surface area (Å²) in [5.74, 6) is 0.0120. The molecule has 0 aliphatic heterocycles. The minimum atomic E-state index is -0.256. The Morgan fingerprint density at radius 2 is 1.83 bits per heavy atom. The third-order valence-electron chi connectivity index (χ3n) is 3.27. The van der Waals surface area contributed by atoms with Gasteiger partial charge in [0.1, 0.15) is 6.04 Å². The van der Waals surface area contributed by atoms with Crippen LogP contribution in [0.3, 0.4) is 0 Å². The Kier molecular flexibility index (Phi) is 5.35.